The van der Waals surface area contributed by atoms with Crippen molar-refractivity contribution in [3.63, 3.8) is 0 Å². The number of benzene rings is 1. The first kappa shape index (κ1) is 19.8. The normalized spacial score (nSPS) is 28.2. The Morgan fingerprint density at radius 1 is 1.44 bits per heavy atom. The summed E-state index contributed by atoms with van der Waals surface area (Å²) in [7, 11) is 2.03. The van der Waals surface area contributed by atoms with E-state index in [2.05, 4.69) is 22.1 Å². The van der Waals surface area contributed by atoms with Crippen LogP contribution in [-0.4, -0.2) is 53.3 Å². The van der Waals surface area contributed by atoms with Crippen LogP contribution >= 0.6 is 11.6 Å². The van der Waals surface area contributed by atoms with Gasteiger partial charge >= 0.3 is 0 Å². The number of hydrogen-bond donors (Lipinski definition) is 3. The maximum Gasteiger partial charge on any atom is 0.255 e. The lowest BCUT2D eigenvalue weighted by Crippen LogP contribution is -2.50. The molecule has 4 N–H and O–H groups in total. The average molecular weight is 392 g/mol. The van der Waals surface area contributed by atoms with Crippen LogP contribution in [0.1, 0.15) is 43.5 Å². The Hall–Kier alpha value is -1.94. The molecule has 1 aromatic rings. The van der Waals surface area contributed by atoms with Crippen LogP contribution < -0.4 is 15.8 Å². The Morgan fingerprint density at radius 2 is 2.19 bits per heavy atom. The summed E-state index contributed by atoms with van der Waals surface area (Å²) in [5, 5.41) is 13.6. The van der Waals surface area contributed by atoms with E-state index < -0.39 is 0 Å². The molecule has 3 rings (SSSR count). The number of fused-ring (bicyclic) bond motifs is 2. The summed E-state index contributed by atoms with van der Waals surface area (Å²) < 4.78 is 5.80. The average Bonchev–Trinajstić information content (AvgIpc) is 2.76. The molecule has 1 aromatic carbocycles. The van der Waals surface area contributed by atoms with Gasteiger partial charge in [0.1, 0.15) is 5.75 Å². The molecule has 0 radical (unpaired) electrons. The third-order valence-corrected chi connectivity index (χ3v) is 5.80. The highest BCUT2D eigenvalue weighted by molar-refractivity contribution is 6.33. The van der Waals surface area contributed by atoms with E-state index in [0.29, 0.717) is 22.0 Å². The van der Waals surface area contributed by atoms with Crippen LogP contribution in [0.3, 0.4) is 0 Å². The van der Waals surface area contributed by atoms with Gasteiger partial charge < -0.3 is 20.9 Å². The fourth-order valence-corrected chi connectivity index (χ4v) is 4.26. The summed E-state index contributed by atoms with van der Waals surface area (Å²) in [4.78, 5) is 15.1. The molecule has 27 heavy (non-hydrogen) atoms. The third kappa shape index (κ3) is 4.16. The number of nitrogens with two attached hydrogens (primary N) is 1. The minimum Gasteiger partial charge on any atom is -0.477 e. The molecular weight excluding hydrogens is 366 g/mol. The summed E-state index contributed by atoms with van der Waals surface area (Å²) in [6.07, 6.45) is 1.57. The van der Waals surface area contributed by atoms with E-state index in [-0.39, 0.29) is 36.2 Å². The van der Waals surface area contributed by atoms with E-state index in [0.717, 1.165) is 19.3 Å². The highest BCUT2D eigenvalue weighted by Gasteiger charge is 2.44. The van der Waals surface area contributed by atoms with Crippen molar-refractivity contribution in [2.24, 2.45) is 0 Å². The van der Waals surface area contributed by atoms with Gasteiger partial charge in [-0.2, -0.15) is 0 Å². The molecule has 0 spiro atoms. The van der Waals surface area contributed by atoms with Crippen LogP contribution in [0, 0.1) is 11.8 Å². The highest BCUT2D eigenvalue weighted by atomic mass is 35.5. The first-order valence-corrected chi connectivity index (χ1v) is 9.56. The Kier molecular flexibility index (Phi) is 5.85. The first-order chi connectivity index (χ1) is 12.8. The molecule has 5 atom stereocenters. The van der Waals surface area contributed by atoms with Crippen molar-refractivity contribution >= 4 is 23.2 Å². The monoisotopic (exact) mass is 391 g/mol. The lowest BCUT2D eigenvalue weighted by molar-refractivity contribution is 0.0770. The summed E-state index contributed by atoms with van der Waals surface area (Å²) >= 11 is 6.14. The Labute approximate surface area is 165 Å². The van der Waals surface area contributed by atoms with E-state index in [1.54, 1.807) is 19.9 Å². The van der Waals surface area contributed by atoms with Gasteiger partial charge in [0.15, 0.2) is 6.10 Å². The number of carbonyl (C=O) groups excluding carboxylic acids is 1. The zero-order chi connectivity index (χ0) is 19.7. The lowest BCUT2D eigenvalue weighted by Gasteiger charge is -2.36. The minimum atomic E-state index is -0.378. The van der Waals surface area contributed by atoms with Gasteiger partial charge in [-0.3, -0.25) is 9.69 Å². The van der Waals surface area contributed by atoms with E-state index in [1.807, 2.05) is 7.05 Å². The number of rotatable bonds is 4. The smallest absolute Gasteiger partial charge is 0.255 e. The number of anilines is 1. The quantitative estimate of drug-likeness (QED) is 0.540. The van der Waals surface area contributed by atoms with Crippen molar-refractivity contribution in [2.45, 2.75) is 63.4 Å². The highest BCUT2D eigenvalue weighted by Crippen LogP contribution is 2.35. The van der Waals surface area contributed by atoms with Crippen LogP contribution in [0.15, 0.2) is 12.1 Å². The largest absolute Gasteiger partial charge is 0.477 e. The second-order valence-corrected chi connectivity index (χ2v) is 7.76. The van der Waals surface area contributed by atoms with Crippen molar-refractivity contribution in [1.82, 2.24) is 10.2 Å². The molecule has 0 saturated carbocycles. The van der Waals surface area contributed by atoms with Crippen molar-refractivity contribution in [3.05, 3.63) is 22.7 Å². The topological polar surface area (TPSA) is 87.8 Å². The van der Waals surface area contributed by atoms with E-state index >= 15 is 0 Å². The maximum absolute atomic E-state index is 12.9. The van der Waals surface area contributed by atoms with Gasteiger partial charge in [0.25, 0.3) is 5.91 Å². The molecule has 0 aromatic heterocycles. The number of amides is 1. The van der Waals surface area contributed by atoms with Gasteiger partial charge in [0.2, 0.25) is 0 Å². The standard InChI is InChI=1S/C20H26ClN3O3/c1-4-5-11(2)27-19-10-16(22)15(21)9-14(19)20(26)23-12-6-13-8-18(25)17(7-12)24(13)3/h9-13,17-18,25H,6-8,22H2,1-3H3,(H,23,26). The van der Waals surface area contributed by atoms with Crippen molar-refractivity contribution < 1.29 is 14.6 Å². The number of likely N-dealkylation sites (N-methyl/N-ethyl adjacent to an activating group) is 1. The molecule has 2 aliphatic rings. The zero-order valence-corrected chi connectivity index (χ0v) is 16.6. The molecule has 1 amide bonds. The van der Waals surface area contributed by atoms with Crippen LogP contribution in [0.4, 0.5) is 5.69 Å². The van der Waals surface area contributed by atoms with Gasteiger partial charge in [-0.15, -0.1) is 5.92 Å². The maximum atomic E-state index is 12.9. The van der Waals surface area contributed by atoms with Crippen LogP contribution in [0.25, 0.3) is 0 Å². The molecule has 2 fully saturated rings. The molecule has 2 aliphatic heterocycles. The fourth-order valence-electron chi connectivity index (χ4n) is 4.09. The van der Waals surface area contributed by atoms with Crippen LogP contribution in [-0.2, 0) is 0 Å². The molecule has 2 heterocycles. The number of carbonyl (C=O) groups is 1. The second kappa shape index (κ2) is 7.97. The summed E-state index contributed by atoms with van der Waals surface area (Å²) in [6, 6.07) is 3.46. The van der Waals surface area contributed by atoms with Crippen LogP contribution in [0.2, 0.25) is 5.02 Å². The number of aliphatic hydroxyl groups excluding tert-OH is 1. The van der Waals surface area contributed by atoms with Gasteiger partial charge in [0.05, 0.1) is 22.4 Å². The molecule has 0 aliphatic carbocycles. The molecule has 6 nitrogen and oxygen atoms in total. The summed E-state index contributed by atoms with van der Waals surface area (Å²) in [5.74, 6) is 5.79. The molecule has 146 valence electrons. The number of hydrogen-bond acceptors (Lipinski definition) is 5. The van der Waals surface area contributed by atoms with Crippen molar-refractivity contribution in [2.75, 3.05) is 12.8 Å². The molecule has 2 bridgehead atoms. The minimum absolute atomic E-state index is 0.00196. The summed E-state index contributed by atoms with van der Waals surface area (Å²) in [5.41, 5.74) is 6.57. The second-order valence-electron chi connectivity index (χ2n) is 7.36. The number of nitrogens with one attached hydrogen (secondary N) is 1. The molecule has 7 heteroatoms. The van der Waals surface area contributed by atoms with Crippen LogP contribution in [0.5, 0.6) is 5.75 Å². The van der Waals surface area contributed by atoms with Crippen molar-refractivity contribution in [1.29, 1.82) is 0 Å². The van der Waals surface area contributed by atoms with E-state index in [1.165, 1.54) is 6.07 Å². The lowest BCUT2D eigenvalue weighted by atomic mass is 9.97. The fraction of sp³-hybridized carbons (Fsp3) is 0.550. The van der Waals surface area contributed by atoms with Gasteiger partial charge in [-0.25, -0.2) is 0 Å². The Balaban J connectivity index is 1.78. The number of piperidine rings is 1. The van der Waals surface area contributed by atoms with Gasteiger partial charge in [-0.1, -0.05) is 17.5 Å². The van der Waals surface area contributed by atoms with E-state index in [9.17, 15) is 9.90 Å². The third-order valence-electron chi connectivity index (χ3n) is 5.47. The first-order valence-electron chi connectivity index (χ1n) is 9.19. The Bertz CT molecular complexity index is 789. The number of nitrogen functional groups attached to an aromatic ring is 1. The summed E-state index contributed by atoms with van der Waals surface area (Å²) in [6.45, 7) is 3.53. The molecule has 2 saturated heterocycles. The number of aliphatic hydroxyl groups is 1. The predicted octanol–water partition coefficient (Wildman–Crippen LogP) is 2.04. The van der Waals surface area contributed by atoms with Gasteiger partial charge in [-0.05, 0) is 46.2 Å². The van der Waals surface area contributed by atoms with E-state index in [4.69, 9.17) is 22.1 Å². The molecule has 5 unspecified atom stereocenters. The molecular formula is C20H26ClN3O3. The van der Waals surface area contributed by atoms with Gasteiger partial charge in [0, 0.05) is 24.2 Å². The number of halogens is 1. The predicted molar refractivity (Wildman–Crippen MR) is 106 cm³/mol. The number of ether oxygens (including phenoxy) is 1. The SMILES string of the molecule is CC#CC(C)Oc1cc(N)c(Cl)cc1C(=O)NC1CC2CC(O)C(C1)N2C. The number of nitrogens with zero attached hydrogens (tertiary/aromatic N) is 1. The Morgan fingerprint density at radius 3 is 2.85 bits per heavy atom. The zero-order valence-electron chi connectivity index (χ0n) is 15.8. The van der Waals surface area contributed by atoms with Crippen molar-refractivity contribution in [3.8, 4) is 17.6 Å².